The minimum absolute atomic E-state index is 0.0110. The van der Waals surface area contributed by atoms with Crippen LogP contribution in [0.15, 0.2) is 12.2 Å². The van der Waals surface area contributed by atoms with Gasteiger partial charge in [-0.2, -0.15) is 0 Å². The van der Waals surface area contributed by atoms with Gasteiger partial charge in [-0.15, -0.1) is 0 Å². The maximum absolute atomic E-state index is 10.2. The van der Waals surface area contributed by atoms with E-state index < -0.39 is 0 Å². The van der Waals surface area contributed by atoms with Crippen LogP contribution in [0.2, 0.25) is 0 Å². The predicted molar refractivity (Wildman–Crippen MR) is 51.6 cm³/mol. The van der Waals surface area contributed by atoms with Gasteiger partial charge in [0.05, 0.1) is 11.7 Å². The third kappa shape index (κ3) is 0.478. The standard InChI is InChI=1S/C12H16O2/c1-14-12-8-4-5-11(12)7(6-9(8)12)2-3-10(11)13/h4-5,7-10,13H,2-3,6H2,1H3/t7?,8?,9?,10-,11?,12?/m0/s1. The third-order valence-electron chi connectivity index (χ3n) is 5.52. The minimum Gasteiger partial charge on any atom is -0.392 e. The van der Waals surface area contributed by atoms with Crippen molar-refractivity contribution in [2.45, 2.75) is 31.0 Å². The highest BCUT2D eigenvalue weighted by Gasteiger charge is 2.84. The Morgan fingerprint density at radius 2 is 2.29 bits per heavy atom. The summed E-state index contributed by atoms with van der Waals surface area (Å²) in [5.41, 5.74) is 0.0324. The maximum Gasteiger partial charge on any atom is 0.0897 e. The van der Waals surface area contributed by atoms with E-state index in [1.54, 1.807) is 0 Å². The molecule has 0 aliphatic heterocycles. The van der Waals surface area contributed by atoms with Crippen LogP contribution >= 0.6 is 0 Å². The fraction of sp³-hybridized carbons (Fsp3) is 0.833. The first-order chi connectivity index (χ1) is 6.77. The van der Waals surface area contributed by atoms with Crippen molar-refractivity contribution in [3.05, 3.63) is 12.2 Å². The van der Waals surface area contributed by atoms with Crippen LogP contribution in [0.5, 0.6) is 0 Å². The van der Waals surface area contributed by atoms with Gasteiger partial charge in [0.15, 0.2) is 0 Å². The van der Waals surface area contributed by atoms with Crippen molar-refractivity contribution in [1.29, 1.82) is 0 Å². The Morgan fingerprint density at radius 1 is 1.43 bits per heavy atom. The van der Waals surface area contributed by atoms with Gasteiger partial charge in [-0.1, -0.05) is 12.2 Å². The van der Waals surface area contributed by atoms with Crippen LogP contribution in [0, 0.1) is 23.2 Å². The molecule has 14 heavy (non-hydrogen) atoms. The lowest BCUT2D eigenvalue weighted by Gasteiger charge is -2.36. The predicted octanol–water partition coefficient (Wildman–Crippen LogP) is 1.35. The molecule has 0 heterocycles. The molecule has 0 radical (unpaired) electrons. The Labute approximate surface area is 83.9 Å². The van der Waals surface area contributed by atoms with E-state index in [4.69, 9.17) is 4.74 Å². The summed E-state index contributed by atoms with van der Waals surface area (Å²) < 4.78 is 5.81. The number of aliphatic hydroxyl groups excluding tert-OH is 1. The number of aliphatic hydroxyl groups is 1. The minimum atomic E-state index is -0.152. The topological polar surface area (TPSA) is 29.5 Å². The molecule has 0 saturated heterocycles. The van der Waals surface area contributed by atoms with Gasteiger partial charge in [-0.25, -0.2) is 0 Å². The second kappa shape index (κ2) is 1.96. The van der Waals surface area contributed by atoms with E-state index in [-0.39, 0.29) is 17.1 Å². The van der Waals surface area contributed by atoms with E-state index in [9.17, 15) is 5.11 Å². The molecule has 2 heteroatoms. The lowest BCUT2D eigenvalue weighted by atomic mass is 9.75. The van der Waals surface area contributed by atoms with E-state index in [0.717, 1.165) is 12.3 Å². The van der Waals surface area contributed by atoms with E-state index in [2.05, 4.69) is 12.2 Å². The Hall–Kier alpha value is -0.340. The highest BCUT2D eigenvalue weighted by molar-refractivity contribution is 5.45. The summed E-state index contributed by atoms with van der Waals surface area (Å²) in [7, 11) is 1.83. The van der Waals surface area contributed by atoms with Gasteiger partial charge < -0.3 is 9.84 Å². The maximum atomic E-state index is 10.2. The molecular weight excluding hydrogens is 176 g/mol. The number of rotatable bonds is 1. The van der Waals surface area contributed by atoms with E-state index >= 15 is 0 Å². The van der Waals surface area contributed by atoms with Crippen LogP contribution in [0.25, 0.3) is 0 Å². The van der Waals surface area contributed by atoms with Gasteiger partial charge in [-0.05, 0) is 31.1 Å². The summed E-state index contributed by atoms with van der Waals surface area (Å²) in [6.07, 6.45) is 7.89. The Bertz CT molecular complexity index is 337. The first kappa shape index (κ1) is 7.89. The zero-order chi connectivity index (χ0) is 9.55. The normalized spacial score (nSPS) is 67.0. The summed E-state index contributed by atoms with van der Waals surface area (Å²) in [5, 5.41) is 10.2. The third-order valence-corrected chi connectivity index (χ3v) is 5.52. The quantitative estimate of drug-likeness (QED) is 0.635. The van der Waals surface area contributed by atoms with Gasteiger partial charge in [0.25, 0.3) is 0 Å². The summed E-state index contributed by atoms with van der Waals surface area (Å²) in [6.45, 7) is 0. The Kier molecular flexibility index (Phi) is 1.10. The van der Waals surface area contributed by atoms with Gasteiger partial charge in [0.1, 0.15) is 0 Å². The molecule has 4 rings (SSSR count). The summed E-state index contributed by atoms with van der Waals surface area (Å²) in [4.78, 5) is 0. The molecule has 2 nitrogen and oxygen atoms in total. The lowest BCUT2D eigenvalue weighted by molar-refractivity contribution is -0.0668. The molecule has 3 saturated carbocycles. The summed E-state index contributed by atoms with van der Waals surface area (Å²) in [6, 6.07) is 0. The van der Waals surface area contributed by atoms with Crippen molar-refractivity contribution in [2.24, 2.45) is 23.2 Å². The summed E-state index contributed by atoms with van der Waals surface area (Å²) >= 11 is 0. The molecule has 1 N–H and O–H groups in total. The van der Waals surface area contributed by atoms with Crippen molar-refractivity contribution in [3.63, 3.8) is 0 Å². The molecule has 3 fully saturated rings. The van der Waals surface area contributed by atoms with Crippen LogP contribution < -0.4 is 0 Å². The van der Waals surface area contributed by atoms with Gasteiger partial charge in [0.2, 0.25) is 0 Å². The molecule has 6 atom stereocenters. The van der Waals surface area contributed by atoms with E-state index in [0.29, 0.717) is 11.8 Å². The fourth-order valence-corrected chi connectivity index (χ4v) is 5.08. The van der Waals surface area contributed by atoms with Crippen LogP contribution in [0.3, 0.4) is 0 Å². The highest BCUT2D eigenvalue weighted by atomic mass is 16.5. The van der Waals surface area contributed by atoms with Crippen molar-refractivity contribution in [2.75, 3.05) is 7.11 Å². The van der Waals surface area contributed by atoms with Crippen LogP contribution in [0.4, 0.5) is 0 Å². The highest BCUT2D eigenvalue weighted by Crippen LogP contribution is 2.80. The molecule has 5 unspecified atom stereocenters. The number of methoxy groups -OCH3 is 1. The number of fused-ring (bicyclic) bond motifs is 1. The molecule has 0 aromatic rings. The first-order valence-corrected chi connectivity index (χ1v) is 5.70. The Balaban J connectivity index is 1.92. The largest absolute Gasteiger partial charge is 0.392 e. The van der Waals surface area contributed by atoms with Crippen molar-refractivity contribution in [1.82, 2.24) is 0 Å². The molecule has 4 aliphatic carbocycles. The molecule has 0 aromatic heterocycles. The number of hydrogen-bond donors (Lipinski definition) is 1. The lowest BCUT2D eigenvalue weighted by Crippen LogP contribution is -2.44. The van der Waals surface area contributed by atoms with Gasteiger partial charge >= 0.3 is 0 Å². The van der Waals surface area contributed by atoms with Crippen molar-refractivity contribution < 1.29 is 9.84 Å². The molecular formula is C12H16O2. The van der Waals surface area contributed by atoms with Gasteiger partial charge in [0, 0.05) is 18.4 Å². The van der Waals surface area contributed by atoms with E-state index in [1.807, 2.05) is 7.11 Å². The number of hydrogen-bond acceptors (Lipinski definition) is 2. The first-order valence-electron chi connectivity index (χ1n) is 5.70. The number of ether oxygens (including phenoxy) is 1. The van der Waals surface area contributed by atoms with Crippen molar-refractivity contribution in [3.8, 4) is 0 Å². The molecule has 76 valence electrons. The van der Waals surface area contributed by atoms with Gasteiger partial charge in [-0.3, -0.25) is 0 Å². The molecule has 4 aliphatic rings. The second-order valence-electron chi connectivity index (χ2n) is 5.45. The zero-order valence-electron chi connectivity index (χ0n) is 8.44. The second-order valence-corrected chi connectivity index (χ2v) is 5.45. The molecule has 0 bridgehead atoms. The smallest absolute Gasteiger partial charge is 0.0897 e. The Morgan fingerprint density at radius 3 is 3.07 bits per heavy atom. The van der Waals surface area contributed by atoms with Crippen LogP contribution in [0.1, 0.15) is 19.3 Å². The fourth-order valence-electron chi connectivity index (χ4n) is 5.08. The zero-order valence-corrected chi connectivity index (χ0v) is 8.44. The van der Waals surface area contributed by atoms with Crippen molar-refractivity contribution >= 4 is 0 Å². The molecule has 0 amide bonds. The average molecular weight is 192 g/mol. The molecule has 0 aromatic carbocycles. The van der Waals surface area contributed by atoms with Crippen LogP contribution in [-0.2, 0) is 4.74 Å². The average Bonchev–Trinajstić information content (AvgIpc) is 2.45. The molecule has 1 spiro atoms. The SMILES string of the molecule is COC12C3C=CC14C(CC[C@@H]4O)CC32. The van der Waals surface area contributed by atoms with E-state index in [1.165, 1.54) is 12.8 Å². The monoisotopic (exact) mass is 192 g/mol. The van der Waals surface area contributed by atoms with Crippen LogP contribution in [-0.4, -0.2) is 23.9 Å². The summed E-state index contributed by atoms with van der Waals surface area (Å²) in [5.74, 6) is 2.03.